The van der Waals surface area contributed by atoms with Gasteiger partial charge in [-0.25, -0.2) is 13.4 Å². The summed E-state index contributed by atoms with van der Waals surface area (Å²) in [5.74, 6) is 0. The van der Waals surface area contributed by atoms with Gasteiger partial charge in [0, 0.05) is 5.69 Å². The Kier molecular flexibility index (Phi) is 3.30. The maximum absolute atomic E-state index is 12.3. The monoisotopic (exact) mass is 319 g/mol. The molecule has 0 radical (unpaired) electrons. The highest BCUT2D eigenvalue weighted by Crippen LogP contribution is 2.26. The molecule has 2 aromatic carbocycles. The Morgan fingerprint density at radius 2 is 2.00 bits per heavy atom. The molecule has 0 bridgehead atoms. The fourth-order valence-electron chi connectivity index (χ4n) is 2.00. The standard InChI is InChI=1S/C14H13N3O2S2/c1-9-16-13-6-5-11(8-14(13)20-9)17-21(18,19)12-4-2-3-10(15)7-12/h2-8,17H,15H2,1H3. The smallest absolute Gasteiger partial charge is 0.261 e. The van der Waals surface area contributed by atoms with Crippen LogP contribution in [0.25, 0.3) is 10.2 Å². The normalized spacial score (nSPS) is 11.7. The Labute approximate surface area is 126 Å². The van der Waals surface area contributed by atoms with Crippen LogP contribution in [0.4, 0.5) is 11.4 Å². The zero-order valence-electron chi connectivity index (χ0n) is 11.2. The molecule has 0 amide bonds. The lowest BCUT2D eigenvalue weighted by Gasteiger charge is -2.08. The Hall–Kier alpha value is -2.12. The lowest BCUT2D eigenvalue weighted by Crippen LogP contribution is -2.13. The van der Waals surface area contributed by atoms with Gasteiger partial charge in [0.15, 0.2) is 0 Å². The molecule has 108 valence electrons. The van der Waals surface area contributed by atoms with E-state index in [1.54, 1.807) is 30.3 Å². The van der Waals surface area contributed by atoms with Crippen molar-refractivity contribution in [2.75, 3.05) is 10.5 Å². The number of nitrogens with zero attached hydrogens (tertiary/aromatic N) is 1. The molecule has 5 nitrogen and oxygen atoms in total. The summed E-state index contributed by atoms with van der Waals surface area (Å²) in [6, 6.07) is 11.5. The largest absolute Gasteiger partial charge is 0.399 e. The third kappa shape index (κ3) is 2.84. The molecule has 0 aliphatic heterocycles. The summed E-state index contributed by atoms with van der Waals surface area (Å²) in [5, 5.41) is 0.945. The second-order valence-electron chi connectivity index (χ2n) is 4.59. The number of rotatable bonds is 3. The number of nitrogen functional groups attached to an aromatic ring is 1. The summed E-state index contributed by atoms with van der Waals surface area (Å²) in [5.41, 5.74) is 7.41. The number of sulfonamides is 1. The quantitative estimate of drug-likeness (QED) is 0.727. The topological polar surface area (TPSA) is 85.1 Å². The molecule has 0 saturated heterocycles. The van der Waals surface area contributed by atoms with Gasteiger partial charge in [0.05, 0.1) is 25.8 Å². The first-order chi connectivity index (χ1) is 9.94. The Morgan fingerprint density at radius 3 is 2.76 bits per heavy atom. The number of hydrogen-bond acceptors (Lipinski definition) is 5. The fraction of sp³-hybridized carbons (Fsp3) is 0.0714. The van der Waals surface area contributed by atoms with Crippen LogP contribution in [0.5, 0.6) is 0 Å². The lowest BCUT2D eigenvalue weighted by molar-refractivity contribution is 0.601. The minimum Gasteiger partial charge on any atom is -0.399 e. The summed E-state index contributed by atoms with van der Waals surface area (Å²) < 4.78 is 28.1. The van der Waals surface area contributed by atoms with Crippen LogP contribution in [-0.4, -0.2) is 13.4 Å². The third-order valence-electron chi connectivity index (χ3n) is 2.92. The molecule has 0 atom stereocenters. The van der Waals surface area contributed by atoms with Gasteiger partial charge in [-0.05, 0) is 43.3 Å². The van der Waals surface area contributed by atoms with E-state index < -0.39 is 10.0 Å². The number of fused-ring (bicyclic) bond motifs is 1. The van der Waals surface area contributed by atoms with E-state index in [4.69, 9.17) is 5.73 Å². The van der Waals surface area contributed by atoms with E-state index in [9.17, 15) is 8.42 Å². The van der Waals surface area contributed by atoms with E-state index in [-0.39, 0.29) is 4.90 Å². The molecule has 3 N–H and O–H groups in total. The van der Waals surface area contributed by atoms with Crippen LogP contribution in [-0.2, 0) is 10.0 Å². The predicted molar refractivity (Wildman–Crippen MR) is 86.0 cm³/mol. The minimum absolute atomic E-state index is 0.142. The molecule has 0 spiro atoms. The molecule has 3 rings (SSSR count). The first-order valence-electron chi connectivity index (χ1n) is 6.20. The van der Waals surface area contributed by atoms with E-state index in [0.29, 0.717) is 11.4 Å². The average molecular weight is 319 g/mol. The first kappa shape index (κ1) is 13.8. The molecule has 0 aliphatic rings. The molecular weight excluding hydrogens is 306 g/mol. The van der Waals surface area contributed by atoms with Gasteiger partial charge >= 0.3 is 0 Å². The molecule has 1 aromatic heterocycles. The van der Waals surface area contributed by atoms with Gasteiger partial charge in [-0.3, -0.25) is 4.72 Å². The molecule has 21 heavy (non-hydrogen) atoms. The van der Waals surface area contributed by atoms with Crippen molar-refractivity contribution < 1.29 is 8.42 Å². The van der Waals surface area contributed by atoms with Crippen LogP contribution < -0.4 is 10.5 Å². The van der Waals surface area contributed by atoms with Crippen LogP contribution in [0, 0.1) is 6.92 Å². The van der Waals surface area contributed by atoms with E-state index in [1.807, 2.05) is 6.92 Å². The van der Waals surface area contributed by atoms with Crippen molar-refractivity contribution in [1.29, 1.82) is 0 Å². The van der Waals surface area contributed by atoms with Crippen molar-refractivity contribution in [3.05, 3.63) is 47.5 Å². The van der Waals surface area contributed by atoms with Crippen molar-refractivity contribution in [2.24, 2.45) is 0 Å². The van der Waals surface area contributed by atoms with Gasteiger partial charge in [0.25, 0.3) is 10.0 Å². The van der Waals surface area contributed by atoms with Gasteiger partial charge < -0.3 is 5.73 Å². The molecule has 7 heteroatoms. The van der Waals surface area contributed by atoms with Crippen LogP contribution in [0.3, 0.4) is 0 Å². The number of aryl methyl sites for hydroxylation is 1. The number of thiazole rings is 1. The highest BCUT2D eigenvalue weighted by molar-refractivity contribution is 7.92. The van der Waals surface area contributed by atoms with E-state index >= 15 is 0 Å². The maximum atomic E-state index is 12.3. The highest BCUT2D eigenvalue weighted by Gasteiger charge is 2.14. The molecule has 0 unspecified atom stereocenters. The molecule has 0 saturated carbocycles. The highest BCUT2D eigenvalue weighted by atomic mass is 32.2. The second kappa shape index (κ2) is 5.01. The van der Waals surface area contributed by atoms with Gasteiger partial charge in [0.2, 0.25) is 0 Å². The Bertz CT molecular complexity index is 917. The van der Waals surface area contributed by atoms with Crippen molar-refractivity contribution in [3.63, 3.8) is 0 Å². The maximum Gasteiger partial charge on any atom is 0.261 e. The third-order valence-corrected chi connectivity index (χ3v) is 5.23. The number of nitrogens with two attached hydrogens (primary N) is 1. The number of hydrogen-bond donors (Lipinski definition) is 2. The molecule has 1 heterocycles. The number of benzene rings is 2. The Morgan fingerprint density at radius 1 is 1.19 bits per heavy atom. The molecule has 0 fully saturated rings. The van der Waals surface area contributed by atoms with Crippen molar-refractivity contribution in [1.82, 2.24) is 4.98 Å². The van der Waals surface area contributed by atoms with Crippen molar-refractivity contribution in [2.45, 2.75) is 11.8 Å². The van der Waals surface area contributed by atoms with Crippen molar-refractivity contribution in [3.8, 4) is 0 Å². The molecule has 3 aromatic rings. The minimum atomic E-state index is -3.64. The van der Waals surface area contributed by atoms with E-state index in [0.717, 1.165) is 15.2 Å². The lowest BCUT2D eigenvalue weighted by atomic mass is 10.3. The summed E-state index contributed by atoms with van der Waals surface area (Å²) in [7, 11) is -3.64. The second-order valence-corrected chi connectivity index (χ2v) is 7.51. The fourth-order valence-corrected chi connectivity index (χ4v) is 3.97. The van der Waals surface area contributed by atoms with Crippen LogP contribution >= 0.6 is 11.3 Å². The summed E-state index contributed by atoms with van der Waals surface area (Å²) in [6.07, 6.45) is 0. The van der Waals surface area contributed by atoms with Crippen LogP contribution in [0.15, 0.2) is 47.4 Å². The zero-order chi connectivity index (χ0) is 15.0. The number of aromatic nitrogens is 1. The Balaban J connectivity index is 1.96. The SMILES string of the molecule is Cc1nc2ccc(NS(=O)(=O)c3cccc(N)c3)cc2s1. The average Bonchev–Trinajstić information content (AvgIpc) is 2.77. The van der Waals surface area contributed by atoms with Gasteiger partial charge in [-0.1, -0.05) is 6.07 Å². The zero-order valence-corrected chi connectivity index (χ0v) is 12.8. The van der Waals surface area contributed by atoms with Crippen LogP contribution in [0.2, 0.25) is 0 Å². The van der Waals surface area contributed by atoms with Gasteiger partial charge in [0.1, 0.15) is 0 Å². The summed E-state index contributed by atoms with van der Waals surface area (Å²) in [4.78, 5) is 4.49. The van der Waals surface area contributed by atoms with Gasteiger partial charge in [-0.15, -0.1) is 11.3 Å². The van der Waals surface area contributed by atoms with Gasteiger partial charge in [-0.2, -0.15) is 0 Å². The van der Waals surface area contributed by atoms with E-state index in [2.05, 4.69) is 9.71 Å². The molecular formula is C14H13N3O2S2. The first-order valence-corrected chi connectivity index (χ1v) is 8.49. The molecule has 0 aliphatic carbocycles. The number of anilines is 2. The number of nitrogens with one attached hydrogen (secondary N) is 1. The van der Waals surface area contributed by atoms with Crippen molar-refractivity contribution >= 4 is 43.0 Å². The van der Waals surface area contributed by atoms with Crippen LogP contribution in [0.1, 0.15) is 5.01 Å². The van der Waals surface area contributed by atoms with E-state index in [1.165, 1.54) is 23.5 Å². The predicted octanol–water partition coefficient (Wildman–Crippen LogP) is 2.99. The summed E-state index contributed by atoms with van der Waals surface area (Å²) in [6.45, 7) is 1.92. The summed E-state index contributed by atoms with van der Waals surface area (Å²) >= 11 is 1.52.